The Kier molecular flexibility index (Phi) is 6.91. The first kappa shape index (κ1) is 17.9. The van der Waals surface area contributed by atoms with Gasteiger partial charge in [-0.2, -0.15) is 12.7 Å². The molecule has 5 nitrogen and oxygen atoms in total. The van der Waals surface area contributed by atoms with E-state index in [4.69, 9.17) is 5.73 Å². The van der Waals surface area contributed by atoms with E-state index in [9.17, 15) is 8.42 Å². The molecule has 0 radical (unpaired) electrons. The maximum Gasteiger partial charge on any atom is 0.279 e. The first-order valence-corrected chi connectivity index (χ1v) is 9.37. The van der Waals surface area contributed by atoms with Crippen molar-refractivity contribution in [3.8, 4) is 0 Å². The molecule has 0 aromatic carbocycles. The van der Waals surface area contributed by atoms with Gasteiger partial charge in [0.15, 0.2) is 0 Å². The Labute approximate surface area is 124 Å². The average Bonchev–Trinajstić information content (AvgIpc) is 2.44. The summed E-state index contributed by atoms with van der Waals surface area (Å²) in [6.45, 7) is 7.40. The number of nitrogens with one attached hydrogen (secondary N) is 1. The largest absolute Gasteiger partial charge is 0.329 e. The van der Waals surface area contributed by atoms with Crippen molar-refractivity contribution in [2.24, 2.45) is 11.7 Å². The minimum atomic E-state index is -3.43. The van der Waals surface area contributed by atoms with Gasteiger partial charge in [-0.1, -0.05) is 27.2 Å². The molecule has 0 aromatic heterocycles. The number of hydrogen-bond acceptors (Lipinski definition) is 3. The van der Waals surface area contributed by atoms with Crippen molar-refractivity contribution in [1.29, 1.82) is 0 Å². The molecule has 0 amide bonds. The molecule has 0 spiro atoms. The molecule has 1 fully saturated rings. The van der Waals surface area contributed by atoms with Crippen LogP contribution in [0.3, 0.4) is 0 Å². The van der Waals surface area contributed by atoms with Crippen LogP contribution in [0.25, 0.3) is 0 Å². The van der Waals surface area contributed by atoms with Crippen molar-refractivity contribution >= 4 is 10.2 Å². The van der Waals surface area contributed by atoms with Gasteiger partial charge < -0.3 is 5.73 Å². The third kappa shape index (κ3) is 3.93. The normalized spacial score (nSPS) is 27.9. The van der Waals surface area contributed by atoms with Gasteiger partial charge in [0.05, 0.1) is 0 Å². The van der Waals surface area contributed by atoms with E-state index in [0.29, 0.717) is 19.6 Å². The van der Waals surface area contributed by atoms with E-state index in [-0.39, 0.29) is 5.54 Å². The average molecular weight is 305 g/mol. The van der Waals surface area contributed by atoms with Gasteiger partial charge in [-0.05, 0) is 38.0 Å². The van der Waals surface area contributed by atoms with Crippen molar-refractivity contribution in [2.75, 3.05) is 19.6 Å². The zero-order valence-electron chi connectivity index (χ0n) is 13.2. The Morgan fingerprint density at radius 1 is 1.25 bits per heavy atom. The van der Waals surface area contributed by atoms with Gasteiger partial charge in [0.2, 0.25) is 0 Å². The van der Waals surface area contributed by atoms with Crippen LogP contribution in [0.4, 0.5) is 0 Å². The highest BCUT2D eigenvalue weighted by atomic mass is 32.2. The van der Waals surface area contributed by atoms with Crippen molar-refractivity contribution in [2.45, 2.75) is 64.8 Å². The van der Waals surface area contributed by atoms with Crippen LogP contribution in [0.1, 0.15) is 59.3 Å². The van der Waals surface area contributed by atoms with Crippen LogP contribution in [0.5, 0.6) is 0 Å². The quantitative estimate of drug-likeness (QED) is 0.718. The molecule has 0 saturated heterocycles. The fourth-order valence-corrected chi connectivity index (χ4v) is 4.96. The summed E-state index contributed by atoms with van der Waals surface area (Å²) in [5, 5.41) is 0. The van der Waals surface area contributed by atoms with Crippen LogP contribution < -0.4 is 10.5 Å². The summed E-state index contributed by atoms with van der Waals surface area (Å²) in [5.74, 6) is 0.722. The molecule has 0 aliphatic heterocycles. The number of hydrogen-bond donors (Lipinski definition) is 2. The molecule has 3 N–H and O–H groups in total. The van der Waals surface area contributed by atoms with Gasteiger partial charge in [0.25, 0.3) is 10.2 Å². The van der Waals surface area contributed by atoms with Gasteiger partial charge in [0, 0.05) is 25.2 Å². The highest BCUT2D eigenvalue weighted by Gasteiger charge is 2.43. The first-order valence-electron chi connectivity index (χ1n) is 7.93. The van der Waals surface area contributed by atoms with Crippen LogP contribution in [-0.2, 0) is 10.2 Å². The lowest BCUT2D eigenvalue weighted by atomic mass is 9.75. The van der Waals surface area contributed by atoms with E-state index in [1.165, 1.54) is 6.42 Å². The molecule has 0 unspecified atom stereocenters. The monoisotopic (exact) mass is 305 g/mol. The summed E-state index contributed by atoms with van der Waals surface area (Å²) in [5.41, 5.74) is 5.63. The zero-order valence-corrected chi connectivity index (χ0v) is 14.0. The van der Waals surface area contributed by atoms with E-state index >= 15 is 0 Å². The van der Waals surface area contributed by atoms with Crippen LogP contribution in [0.15, 0.2) is 0 Å². The lowest BCUT2D eigenvalue weighted by molar-refractivity contribution is 0.109. The molecular weight excluding hydrogens is 274 g/mol. The Balaban J connectivity index is 2.98. The van der Waals surface area contributed by atoms with Crippen LogP contribution >= 0.6 is 0 Å². The number of rotatable bonds is 8. The van der Waals surface area contributed by atoms with Crippen LogP contribution in [0, 0.1) is 5.92 Å². The minimum Gasteiger partial charge on any atom is -0.329 e. The van der Waals surface area contributed by atoms with Gasteiger partial charge in [-0.15, -0.1) is 0 Å². The molecule has 1 saturated carbocycles. The van der Waals surface area contributed by atoms with E-state index in [0.717, 1.165) is 38.0 Å². The van der Waals surface area contributed by atoms with Crippen molar-refractivity contribution in [3.63, 3.8) is 0 Å². The van der Waals surface area contributed by atoms with Crippen molar-refractivity contribution in [1.82, 2.24) is 9.03 Å². The summed E-state index contributed by atoms with van der Waals surface area (Å²) in [4.78, 5) is 0. The topological polar surface area (TPSA) is 75.4 Å². The molecule has 0 atom stereocenters. The predicted octanol–water partition coefficient (Wildman–Crippen LogP) is 1.85. The van der Waals surface area contributed by atoms with E-state index in [1.54, 1.807) is 4.31 Å². The molecule has 0 aromatic rings. The van der Waals surface area contributed by atoms with E-state index < -0.39 is 10.2 Å². The highest BCUT2D eigenvalue weighted by molar-refractivity contribution is 7.87. The van der Waals surface area contributed by atoms with Crippen molar-refractivity contribution in [3.05, 3.63) is 0 Å². The lowest BCUT2D eigenvalue weighted by Crippen LogP contribution is -2.60. The van der Waals surface area contributed by atoms with Gasteiger partial charge in [0.1, 0.15) is 0 Å². The van der Waals surface area contributed by atoms with Crippen molar-refractivity contribution < 1.29 is 8.42 Å². The maximum absolute atomic E-state index is 12.5. The van der Waals surface area contributed by atoms with E-state index in [1.807, 2.05) is 13.8 Å². The molecular formula is C14H31N3O2S. The zero-order chi connectivity index (χ0) is 15.2. The molecule has 0 bridgehead atoms. The van der Waals surface area contributed by atoms with Crippen LogP contribution in [-0.4, -0.2) is 37.9 Å². The molecule has 0 heterocycles. The summed E-state index contributed by atoms with van der Waals surface area (Å²) in [7, 11) is -3.43. The number of nitrogens with zero attached hydrogens (tertiary/aromatic N) is 1. The SMILES string of the molecule is CCCN(C1(CN)CCC(CC)CC1)S(=O)(=O)NCC. The molecule has 6 heteroatoms. The fourth-order valence-electron chi connectivity index (χ4n) is 3.25. The molecule has 1 aliphatic carbocycles. The Bertz CT molecular complexity index is 376. The van der Waals surface area contributed by atoms with Gasteiger partial charge in [-0.3, -0.25) is 0 Å². The molecule has 20 heavy (non-hydrogen) atoms. The third-order valence-corrected chi connectivity index (χ3v) is 6.37. The number of nitrogens with two attached hydrogens (primary N) is 1. The highest BCUT2D eigenvalue weighted by Crippen LogP contribution is 2.38. The lowest BCUT2D eigenvalue weighted by Gasteiger charge is -2.46. The Morgan fingerprint density at radius 3 is 2.25 bits per heavy atom. The first-order chi connectivity index (χ1) is 9.45. The molecule has 1 aliphatic rings. The standard InChI is InChI=1S/C14H31N3O2S/c1-4-11-17(20(18,19)16-6-3)14(12-15)9-7-13(5-2)8-10-14/h13,16H,4-12,15H2,1-3H3. The third-order valence-electron chi connectivity index (χ3n) is 4.57. The van der Waals surface area contributed by atoms with Gasteiger partial charge >= 0.3 is 0 Å². The second-order valence-electron chi connectivity index (χ2n) is 5.86. The summed E-state index contributed by atoms with van der Waals surface area (Å²) in [6, 6.07) is 0. The molecule has 120 valence electrons. The minimum absolute atomic E-state index is 0.386. The Morgan fingerprint density at radius 2 is 1.85 bits per heavy atom. The summed E-state index contributed by atoms with van der Waals surface area (Å²) < 4.78 is 29.3. The summed E-state index contributed by atoms with van der Waals surface area (Å²) >= 11 is 0. The smallest absolute Gasteiger partial charge is 0.279 e. The van der Waals surface area contributed by atoms with E-state index in [2.05, 4.69) is 11.6 Å². The fraction of sp³-hybridized carbons (Fsp3) is 1.00. The summed E-state index contributed by atoms with van der Waals surface area (Å²) in [6.07, 6.45) is 5.91. The molecule has 1 rings (SSSR count). The second kappa shape index (κ2) is 7.73. The Hall–Kier alpha value is -0.170. The predicted molar refractivity (Wildman–Crippen MR) is 83.6 cm³/mol. The second-order valence-corrected chi connectivity index (χ2v) is 7.53. The maximum atomic E-state index is 12.5. The van der Waals surface area contributed by atoms with Gasteiger partial charge in [-0.25, -0.2) is 4.72 Å². The van der Waals surface area contributed by atoms with Crippen LogP contribution in [0.2, 0.25) is 0 Å².